The first-order valence-corrected chi connectivity index (χ1v) is 5.03. The van der Waals surface area contributed by atoms with Crippen molar-refractivity contribution in [1.82, 2.24) is 5.32 Å². The van der Waals surface area contributed by atoms with Crippen molar-refractivity contribution in [3.8, 4) is 0 Å². The zero-order valence-corrected chi connectivity index (χ0v) is 8.30. The average molecular weight is 176 g/mol. The Morgan fingerprint density at radius 2 is 2.38 bits per heavy atom. The van der Waals surface area contributed by atoms with Gasteiger partial charge in [0, 0.05) is 0 Å². The van der Waals surface area contributed by atoms with Gasteiger partial charge in [0.25, 0.3) is 0 Å². The first kappa shape index (κ1) is 8.54. The third-order valence-corrected chi connectivity index (χ3v) is 2.54. The van der Waals surface area contributed by atoms with E-state index in [9.17, 15) is 0 Å². The van der Waals surface area contributed by atoms with Crippen molar-refractivity contribution in [2.45, 2.75) is 39.3 Å². The SMILES string of the molecule is CCC[C@@H]1N=C2C(C)=CCC=C2N1. The number of nitrogens with zero attached hydrogens (tertiary/aromatic N) is 1. The summed E-state index contributed by atoms with van der Waals surface area (Å²) < 4.78 is 0. The first-order valence-electron chi connectivity index (χ1n) is 5.03. The highest BCUT2D eigenvalue weighted by Gasteiger charge is 2.22. The Morgan fingerprint density at radius 3 is 3.08 bits per heavy atom. The van der Waals surface area contributed by atoms with Gasteiger partial charge in [-0.2, -0.15) is 0 Å². The summed E-state index contributed by atoms with van der Waals surface area (Å²) in [6.45, 7) is 4.34. The maximum atomic E-state index is 4.65. The molecule has 0 aromatic heterocycles. The monoisotopic (exact) mass is 176 g/mol. The van der Waals surface area contributed by atoms with Gasteiger partial charge in [0.05, 0.1) is 11.4 Å². The number of nitrogens with one attached hydrogen (secondary N) is 1. The van der Waals surface area contributed by atoms with Crippen LogP contribution in [0, 0.1) is 0 Å². The quantitative estimate of drug-likeness (QED) is 0.686. The van der Waals surface area contributed by atoms with Crippen LogP contribution in [-0.4, -0.2) is 11.9 Å². The predicted octanol–water partition coefficient (Wildman–Crippen LogP) is 2.39. The second-order valence-electron chi connectivity index (χ2n) is 3.67. The lowest BCUT2D eigenvalue weighted by Crippen LogP contribution is -2.22. The highest BCUT2D eigenvalue weighted by molar-refractivity contribution is 6.13. The van der Waals surface area contributed by atoms with Crippen LogP contribution in [-0.2, 0) is 0 Å². The Balaban J connectivity index is 2.17. The Kier molecular flexibility index (Phi) is 2.21. The molecule has 0 aromatic rings. The number of hydrogen-bond donors (Lipinski definition) is 1. The molecule has 0 unspecified atom stereocenters. The molecule has 0 bridgehead atoms. The number of hydrogen-bond acceptors (Lipinski definition) is 2. The maximum Gasteiger partial charge on any atom is 0.119 e. The standard InChI is InChI=1S/C11H16N2/c1-3-5-10-12-9-7-4-6-8(2)11(9)13-10/h6-7,10,12H,3-5H2,1-2H3/t10-/m0/s1. The zero-order chi connectivity index (χ0) is 9.26. The van der Waals surface area contributed by atoms with Crippen LogP contribution in [0.25, 0.3) is 0 Å². The van der Waals surface area contributed by atoms with Gasteiger partial charge in [-0.15, -0.1) is 0 Å². The Bertz CT molecular complexity index is 297. The third-order valence-electron chi connectivity index (χ3n) is 2.54. The third kappa shape index (κ3) is 1.53. The molecule has 0 radical (unpaired) electrons. The summed E-state index contributed by atoms with van der Waals surface area (Å²) in [7, 11) is 0. The normalized spacial score (nSPS) is 25.7. The van der Waals surface area contributed by atoms with Crippen molar-refractivity contribution in [3.05, 3.63) is 23.4 Å². The van der Waals surface area contributed by atoms with Crippen molar-refractivity contribution in [2.24, 2.45) is 4.99 Å². The fraction of sp³-hybridized carbons (Fsp3) is 0.545. The molecule has 0 saturated carbocycles. The van der Waals surface area contributed by atoms with E-state index >= 15 is 0 Å². The highest BCUT2D eigenvalue weighted by atomic mass is 15.1. The maximum absolute atomic E-state index is 4.65. The summed E-state index contributed by atoms with van der Waals surface area (Å²) in [6.07, 6.45) is 8.15. The van der Waals surface area contributed by atoms with Crippen LogP contribution in [0.5, 0.6) is 0 Å². The topological polar surface area (TPSA) is 24.4 Å². The fourth-order valence-electron chi connectivity index (χ4n) is 1.84. The molecule has 1 aliphatic carbocycles. The van der Waals surface area contributed by atoms with E-state index in [0.717, 1.165) is 12.8 Å². The second kappa shape index (κ2) is 3.36. The van der Waals surface area contributed by atoms with Gasteiger partial charge in [-0.1, -0.05) is 25.5 Å². The highest BCUT2D eigenvalue weighted by Crippen LogP contribution is 2.21. The summed E-state index contributed by atoms with van der Waals surface area (Å²) in [6, 6.07) is 0. The zero-order valence-electron chi connectivity index (χ0n) is 8.30. The van der Waals surface area contributed by atoms with E-state index in [4.69, 9.17) is 0 Å². The minimum atomic E-state index is 0.327. The van der Waals surface area contributed by atoms with Gasteiger partial charge in [-0.05, 0) is 25.3 Å². The van der Waals surface area contributed by atoms with Crippen molar-refractivity contribution in [1.29, 1.82) is 0 Å². The van der Waals surface area contributed by atoms with Gasteiger partial charge in [0.1, 0.15) is 6.17 Å². The summed E-state index contributed by atoms with van der Waals surface area (Å²) >= 11 is 0. The minimum absolute atomic E-state index is 0.327. The summed E-state index contributed by atoms with van der Waals surface area (Å²) in [5.41, 5.74) is 3.76. The van der Waals surface area contributed by atoms with E-state index in [0.29, 0.717) is 6.17 Å². The summed E-state index contributed by atoms with van der Waals surface area (Å²) in [5.74, 6) is 0. The molecule has 0 aromatic carbocycles. The number of fused-ring (bicyclic) bond motifs is 1. The molecule has 0 amide bonds. The molecule has 2 rings (SSSR count). The molecular formula is C11H16N2. The van der Waals surface area contributed by atoms with Crippen LogP contribution in [0.1, 0.15) is 33.1 Å². The molecule has 2 aliphatic rings. The molecule has 1 N–H and O–H groups in total. The molecule has 1 atom stereocenters. The molecule has 13 heavy (non-hydrogen) atoms. The first-order chi connectivity index (χ1) is 6.31. The van der Waals surface area contributed by atoms with Crippen molar-refractivity contribution in [3.63, 3.8) is 0 Å². The van der Waals surface area contributed by atoms with Gasteiger partial charge in [0.2, 0.25) is 0 Å². The lowest BCUT2D eigenvalue weighted by atomic mass is 10.0. The van der Waals surface area contributed by atoms with E-state index in [1.54, 1.807) is 0 Å². The smallest absolute Gasteiger partial charge is 0.119 e. The molecular weight excluding hydrogens is 160 g/mol. The largest absolute Gasteiger partial charge is 0.362 e. The molecule has 2 heteroatoms. The van der Waals surface area contributed by atoms with Gasteiger partial charge >= 0.3 is 0 Å². The molecule has 2 nitrogen and oxygen atoms in total. The molecule has 0 spiro atoms. The fourth-order valence-corrected chi connectivity index (χ4v) is 1.84. The molecule has 0 fully saturated rings. The van der Waals surface area contributed by atoms with E-state index < -0.39 is 0 Å². The molecule has 1 aliphatic heterocycles. The van der Waals surface area contributed by atoms with Crippen LogP contribution in [0.2, 0.25) is 0 Å². The van der Waals surface area contributed by atoms with E-state index in [2.05, 4.69) is 36.3 Å². The van der Waals surface area contributed by atoms with Gasteiger partial charge < -0.3 is 5.32 Å². The minimum Gasteiger partial charge on any atom is -0.362 e. The molecule has 1 heterocycles. The van der Waals surface area contributed by atoms with Crippen molar-refractivity contribution < 1.29 is 0 Å². The van der Waals surface area contributed by atoms with Crippen LogP contribution in [0.4, 0.5) is 0 Å². The number of allylic oxidation sites excluding steroid dienone is 3. The van der Waals surface area contributed by atoms with Crippen molar-refractivity contribution in [2.75, 3.05) is 0 Å². The molecule has 70 valence electrons. The Hall–Kier alpha value is -1.05. The summed E-state index contributed by atoms with van der Waals surface area (Å²) in [4.78, 5) is 4.65. The molecule has 0 saturated heterocycles. The van der Waals surface area contributed by atoms with E-state index in [1.165, 1.54) is 23.4 Å². The van der Waals surface area contributed by atoms with Gasteiger partial charge in [-0.3, -0.25) is 4.99 Å². The lowest BCUT2D eigenvalue weighted by molar-refractivity contribution is 0.570. The van der Waals surface area contributed by atoms with E-state index in [-0.39, 0.29) is 0 Å². The van der Waals surface area contributed by atoms with Crippen LogP contribution < -0.4 is 5.32 Å². The number of rotatable bonds is 2. The van der Waals surface area contributed by atoms with Gasteiger partial charge in [0.15, 0.2) is 0 Å². The van der Waals surface area contributed by atoms with E-state index in [1.807, 2.05) is 0 Å². The van der Waals surface area contributed by atoms with Crippen molar-refractivity contribution >= 4 is 5.71 Å². The van der Waals surface area contributed by atoms with Crippen LogP contribution >= 0.6 is 0 Å². The lowest BCUT2D eigenvalue weighted by Gasteiger charge is -2.10. The Morgan fingerprint density at radius 1 is 1.54 bits per heavy atom. The van der Waals surface area contributed by atoms with Crippen LogP contribution in [0.15, 0.2) is 28.4 Å². The Labute approximate surface area is 79.4 Å². The predicted molar refractivity (Wildman–Crippen MR) is 55.7 cm³/mol. The van der Waals surface area contributed by atoms with Crippen LogP contribution in [0.3, 0.4) is 0 Å². The summed E-state index contributed by atoms with van der Waals surface area (Å²) in [5, 5.41) is 3.44. The second-order valence-corrected chi connectivity index (χ2v) is 3.67. The average Bonchev–Trinajstić information content (AvgIpc) is 2.49. The number of aliphatic imine (C=N–C) groups is 1. The van der Waals surface area contributed by atoms with Gasteiger partial charge in [-0.25, -0.2) is 0 Å².